The van der Waals surface area contributed by atoms with Gasteiger partial charge in [0.25, 0.3) is 5.78 Å². The number of allylic oxidation sites excluding steroid dienone is 1. The first-order valence-electron chi connectivity index (χ1n) is 3.36. The summed E-state index contributed by atoms with van der Waals surface area (Å²) in [6.07, 6.45) is 5.23. The maximum absolute atomic E-state index is 10.9. The molecule has 1 aliphatic rings. The number of hydrogen-bond acceptors (Lipinski definition) is 2. The maximum Gasteiger partial charge on any atom is 0.327 e. The smallest absolute Gasteiger partial charge is 0.327 e. The number of rotatable bonds is 2. The number of ketones is 1. The van der Waals surface area contributed by atoms with Gasteiger partial charge in [0.1, 0.15) is 0 Å². The lowest BCUT2D eigenvalue weighted by molar-refractivity contribution is -0.124. The Hall–Kier alpha value is -1.41. The second-order valence-corrected chi connectivity index (χ2v) is 2.22. The van der Waals surface area contributed by atoms with Crippen LogP contribution in [0.3, 0.4) is 0 Å². The van der Waals surface area contributed by atoms with Gasteiger partial charge >= 0.3 is 6.21 Å². The Bertz CT molecular complexity index is 229. The largest absolute Gasteiger partial charge is 0.490 e. The highest BCUT2D eigenvalue weighted by Crippen LogP contribution is 2.09. The number of carbonyl (C=O) groups excluding carboxylic acids is 1. The van der Waals surface area contributed by atoms with Crippen LogP contribution in [0.4, 0.5) is 0 Å². The molecule has 0 saturated carbocycles. The van der Waals surface area contributed by atoms with Crippen molar-refractivity contribution >= 4 is 12.0 Å². The van der Waals surface area contributed by atoms with Gasteiger partial charge < -0.3 is 10.3 Å². The number of nitrogens with zero attached hydrogens (tertiary/aromatic N) is 2. The van der Waals surface area contributed by atoms with E-state index >= 15 is 0 Å². The summed E-state index contributed by atoms with van der Waals surface area (Å²) >= 11 is 0. The number of Topliss-reactive ketones (excluding diaryl/α,β-unsaturated/α-hetero) is 1. The molecule has 11 heavy (non-hydrogen) atoms. The molecule has 1 rings (SSSR count). The molecule has 0 fully saturated rings. The Labute approximate surface area is 64.1 Å². The van der Waals surface area contributed by atoms with Gasteiger partial charge in [-0.2, -0.15) is 4.79 Å². The van der Waals surface area contributed by atoms with Crippen molar-refractivity contribution in [3.05, 3.63) is 17.9 Å². The third-order valence-corrected chi connectivity index (χ3v) is 1.44. The van der Waals surface area contributed by atoms with Crippen LogP contribution in [0.5, 0.6) is 0 Å². The van der Waals surface area contributed by atoms with E-state index in [9.17, 15) is 4.79 Å². The fraction of sp³-hybridized carbons (Fsp3) is 0.429. The van der Waals surface area contributed by atoms with Crippen LogP contribution in [0.2, 0.25) is 0 Å². The van der Waals surface area contributed by atoms with Crippen molar-refractivity contribution in [2.24, 2.45) is 0 Å². The summed E-state index contributed by atoms with van der Waals surface area (Å²) in [5.41, 5.74) is 8.04. The quantitative estimate of drug-likeness (QED) is 0.329. The van der Waals surface area contributed by atoms with E-state index in [4.69, 9.17) is 10.3 Å². The molecular formula is C7H8N2O2. The molecule has 1 unspecified atom stereocenters. The third-order valence-electron chi connectivity index (χ3n) is 1.44. The molecule has 0 radical (unpaired) electrons. The highest BCUT2D eigenvalue weighted by Gasteiger charge is 2.21. The minimum atomic E-state index is -0.462. The summed E-state index contributed by atoms with van der Waals surface area (Å²) in [7, 11) is 0. The van der Waals surface area contributed by atoms with Crippen molar-refractivity contribution in [2.45, 2.75) is 18.9 Å². The molecule has 0 amide bonds. The molecule has 0 spiro atoms. The maximum atomic E-state index is 10.9. The zero-order valence-corrected chi connectivity index (χ0v) is 5.93. The molecule has 58 valence electrons. The minimum absolute atomic E-state index is 0.295. The molecule has 1 atom stereocenters. The van der Waals surface area contributed by atoms with Gasteiger partial charge in [0, 0.05) is 0 Å². The van der Waals surface area contributed by atoms with Crippen LogP contribution in [0.15, 0.2) is 12.3 Å². The standard InChI is InChI=1S/C7H8N2O2/c8-9-5-6(10)7-3-1-2-4-11-7/h2,4-5,7H,1,3H2. The van der Waals surface area contributed by atoms with Gasteiger partial charge in [-0.05, 0) is 18.9 Å². The van der Waals surface area contributed by atoms with E-state index < -0.39 is 6.10 Å². The molecule has 0 N–H and O–H groups in total. The molecule has 0 aromatic carbocycles. The third kappa shape index (κ3) is 2.02. The molecule has 4 nitrogen and oxygen atoms in total. The summed E-state index contributed by atoms with van der Waals surface area (Å²) < 4.78 is 4.96. The van der Waals surface area contributed by atoms with E-state index in [0.29, 0.717) is 6.42 Å². The van der Waals surface area contributed by atoms with Crippen LogP contribution in [0.25, 0.3) is 5.53 Å². The first kappa shape index (κ1) is 7.69. The van der Waals surface area contributed by atoms with Crippen molar-refractivity contribution in [3.63, 3.8) is 0 Å². The van der Waals surface area contributed by atoms with Crippen molar-refractivity contribution < 1.29 is 14.3 Å². The molecule has 1 aliphatic heterocycles. The van der Waals surface area contributed by atoms with Crippen LogP contribution >= 0.6 is 0 Å². The van der Waals surface area contributed by atoms with Crippen LogP contribution in [-0.2, 0) is 9.53 Å². The van der Waals surface area contributed by atoms with E-state index in [1.165, 1.54) is 6.26 Å². The van der Waals surface area contributed by atoms with Gasteiger partial charge in [0.15, 0.2) is 6.10 Å². The molecular weight excluding hydrogens is 144 g/mol. The summed E-state index contributed by atoms with van der Waals surface area (Å²) in [6.45, 7) is 0. The molecule has 0 aromatic heterocycles. The van der Waals surface area contributed by atoms with E-state index in [0.717, 1.165) is 12.6 Å². The van der Waals surface area contributed by atoms with E-state index in [1.807, 2.05) is 6.08 Å². The summed E-state index contributed by atoms with van der Waals surface area (Å²) in [5, 5.41) is 0. The second-order valence-electron chi connectivity index (χ2n) is 2.22. The Kier molecular flexibility index (Phi) is 2.58. The van der Waals surface area contributed by atoms with Gasteiger partial charge in [-0.1, -0.05) is 0 Å². The zero-order chi connectivity index (χ0) is 8.10. The minimum Gasteiger partial charge on any atom is -0.490 e. The van der Waals surface area contributed by atoms with Crippen molar-refractivity contribution in [1.82, 2.24) is 0 Å². The molecule has 0 aliphatic carbocycles. The van der Waals surface area contributed by atoms with Crippen LogP contribution in [0.1, 0.15) is 12.8 Å². The monoisotopic (exact) mass is 152 g/mol. The highest BCUT2D eigenvalue weighted by molar-refractivity contribution is 6.27. The fourth-order valence-electron chi connectivity index (χ4n) is 0.883. The van der Waals surface area contributed by atoms with Crippen molar-refractivity contribution in [3.8, 4) is 0 Å². The lowest BCUT2D eigenvalue weighted by Gasteiger charge is -2.13. The average molecular weight is 152 g/mol. The summed E-state index contributed by atoms with van der Waals surface area (Å²) in [6, 6.07) is 0. The van der Waals surface area contributed by atoms with Crippen LogP contribution < -0.4 is 0 Å². The van der Waals surface area contributed by atoms with Crippen molar-refractivity contribution in [2.75, 3.05) is 0 Å². The predicted molar refractivity (Wildman–Crippen MR) is 37.9 cm³/mol. The fourth-order valence-corrected chi connectivity index (χ4v) is 0.883. The Balaban J connectivity index is 2.53. The Morgan fingerprint density at radius 1 is 1.82 bits per heavy atom. The first-order chi connectivity index (χ1) is 5.34. The average Bonchev–Trinajstić information content (AvgIpc) is 2.07. The van der Waals surface area contributed by atoms with Gasteiger partial charge in [0.2, 0.25) is 0 Å². The predicted octanol–water partition coefficient (Wildman–Crippen LogP) is 0.549. The van der Waals surface area contributed by atoms with E-state index in [-0.39, 0.29) is 5.78 Å². The topological polar surface area (TPSA) is 62.7 Å². The Morgan fingerprint density at radius 2 is 2.64 bits per heavy atom. The summed E-state index contributed by atoms with van der Waals surface area (Å²) in [4.78, 5) is 13.6. The van der Waals surface area contributed by atoms with Gasteiger partial charge in [-0.25, -0.2) is 0 Å². The van der Waals surface area contributed by atoms with Gasteiger partial charge in [0.05, 0.1) is 6.26 Å². The number of ether oxygens (including phenoxy) is 1. The van der Waals surface area contributed by atoms with E-state index in [2.05, 4.69) is 4.79 Å². The van der Waals surface area contributed by atoms with Gasteiger partial charge in [-0.3, -0.25) is 4.79 Å². The normalized spacial score (nSPS) is 21.6. The highest BCUT2D eigenvalue weighted by atomic mass is 16.5. The van der Waals surface area contributed by atoms with Crippen LogP contribution in [0, 0.1) is 0 Å². The lowest BCUT2D eigenvalue weighted by Crippen LogP contribution is -2.25. The van der Waals surface area contributed by atoms with Gasteiger partial charge in [-0.15, -0.1) is 0 Å². The molecule has 0 saturated heterocycles. The molecule has 4 heteroatoms. The van der Waals surface area contributed by atoms with Crippen LogP contribution in [-0.4, -0.2) is 22.9 Å². The molecule has 0 bridgehead atoms. The number of carbonyl (C=O) groups is 1. The second kappa shape index (κ2) is 3.68. The molecule has 0 aromatic rings. The van der Waals surface area contributed by atoms with Crippen molar-refractivity contribution in [1.29, 1.82) is 0 Å². The molecule has 1 heterocycles. The lowest BCUT2D eigenvalue weighted by atomic mass is 10.1. The SMILES string of the molecule is [N-]=[N+]=CC(=O)C1CCC=CO1. The number of hydrogen-bond donors (Lipinski definition) is 0. The first-order valence-corrected chi connectivity index (χ1v) is 3.36. The zero-order valence-electron chi connectivity index (χ0n) is 5.93. The van der Waals surface area contributed by atoms with E-state index in [1.54, 1.807) is 0 Å². The Morgan fingerprint density at radius 3 is 3.18 bits per heavy atom. The summed E-state index contributed by atoms with van der Waals surface area (Å²) in [5.74, 6) is -0.295.